The molecule has 2 N–H and O–H groups in total. The van der Waals surface area contributed by atoms with E-state index in [1.54, 1.807) is 13.2 Å². The van der Waals surface area contributed by atoms with Crippen LogP contribution in [0.1, 0.15) is 98.8 Å². The first-order valence-corrected chi connectivity index (χ1v) is 17.1. The van der Waals surface area contributed by atoms with E-state index < -0.39 is 23.2 Å². The summed E-state index contributed by atoms with van der Waals surface area (Å²) in [6.07, 6.45) is 7.47. The molecule has 0 aromatic heterocycles. The minimum atomic E-state index is -1.00. The number of esters is 2. The number of carbonyl (C=O) groups excluding carboxylic acids is 2. The summed E-state index contributed by atoms with van der Waals surface area (Å²) in [5.41, 5.74) is -0.578. The largest absolute Gasteiger partial charge is 0.462 e. The number of aliphatic hydroxyl groups excluding tert-OH is 1. The number of cyclic esters (lactones) is 1. The van der Waals surface area contributed by atoms with Crippen molar-refractivity contribution < 1.29 is 43.5 Å². The molecule has 0 unspecified atom stereocenters. The van der Waals surface area contributed by atoms with Crippen LogP contribution in [0.15, 0.2) is 11.6 Å². The Morgan fingerprint density at radius 3 is 2.55 bits per heavy atom. The molecule has 248 valence electrons. The van der Waals surface area contributed by atoms with E-state index >= 15 is 0 Å². The van der Waals surface area contributed by atoms with Crippen LogP contribution < -0.4 is 0 Å². The number of rotatable bonds is 7. The van der Waals surface area contributed by atoms with Gasteiger partial charge in [0.25, 0.3) is 0 Å². The SMILES string of the molecule is CO[C@H]1C[C@H](O[C@@H]2CC[C@@]3(C)[C@H](CC[C@@H]4[C@@H]3CC[C@]3(C)[C@@H](C5=CC(=O)OC5)[C@H](OC(=O)CC(C)C)C[C@]43O)C2)O[C@H](C)[C@@H]1O. The molecule has 0 aromatic carbocycles. The zero-order chi connectivity index (χ0) is 31.6. The van der Waals surface area contributed by atoms with Gasteiger partial charge in [-0.25, -0.2) is 4.79 Å². The van der Waals surface area contributed by atoms with Gasteiger partial charge in [0.1, 0.15) is 18.8 Å². The quantitative estimate of drug-likeness (QED) is 0.309. The Bertz CT molecular complexity index is 1140. The third-order valence-corrected chi connectivity index (χ3v) is 13.0. The molecule has 6 aliphatic rings. The second-order valence-corrected chi connectivity index (χ2v) is 15.8. The van der Waals surface area contributed by atoms with Crippen LogP contribution in [0.25, 0.3) is 0 Å². The number of hydrogen-bond donors (Lipinski definition) is 2. The molecule has 0 bridgehead atoms. The molecule has 9 heteroatoms. The Labute approximate surface area is 262 Å². The summed E-state index contributed by atoms with van der Waals surface area (Å²) in [6.45, 7) is 10.7. The van der Waals surface area contributed by atoms with Gasteiger partial charge >= 0.3 is 11.9 Å². The summed E-state index contributed by atoms with van der Waals surface area (Å²) >= 11 is 0. The molecule has 9 nitrogen and oxygen atoms in total. The fourth-order valence-electron chi connectivity index (χ4n) is 10.7. The highest BCUT2D eigenvalue weighted by molar-refractivity contribution is 5.85. The van der Waals surface area contributed by atoms with Crippen molar-refractivity contribution in [3.8, 4) is 0 Å². The highest BCUT2D eigenvalue weighted by atomic mass is 16.7. The van der Waals surface area contributed by atoms with E-state index in [-0.39, 0.29) is 66.3 Å². The normalized spacial score (nSPS) is 48.7. The van der Waals surface area contributed by atoms with Gasteiger partial charge in [0, 0.05) is 43.8 Å². The number of aliphatic hydroxyl groups is 2. The Kier molecular flexibility index (Phi) is 8.79. The van der Waals surface area contributed by atoms with Gasteiger partial charge in [0.05, 0.1) is 23.9 Å². The van der Waals surface area contributed by atoms with Crippen molar-refractivity contribution in [3.63, 3.8) is 0 Å². The first-order chi connectivity index (χ1) is 20.8. The van der Waals surface area contributed by atoms with Crippen LogP contribution in [0.4, 0.5) is 0 Å². The first-order valence-electron chi connectivity index (χ1n) is 17.1. The molecule has 4 saturated carbocycles. The van der Waals surface area contributed by atoms with Crippen molar-refractivity contribution in [2.24, 2.45) is 40.4 Å². The van der Waals surface area contributed by atoms with E-state index in [0.717, 1.165) is 50.5 Å². The maximum absolute atomic E-state index is 13.0. The number of methoxy groups -OCH3 is 1. The van der Waals surface area contributed by atoms with Crippen LogP contribution in [-0.4, -0.2) is 78.3 Å². The lowest BCUT2D eigenvalue weighted by molar-refractivity contribution is -0.273. The molecule has 2 heterocycles. The predicted octanol–water partition coefficient (Wildman–Crippen LogP) is 4.71. The topological polar surface area (TPSA) is 121 Å². The van der Waals surface area contributed by atoms with Gasteiger partial charge in [-0.2, -0.15) is 0 Å². The summed E-state index contributed by atoms with van der Waals surface area (Å²) < 4.78 is 29.6. The van der Waals surface area contributed by atoms with Gasteiger partial charge in [0.2, 0.25) is 0 Å². The molecule has 1 saturated heterocycles. The lowest BCUT2D eigenvalue weighted by Gasteiger charge is -2.63. The lowest BCUT2D eigenvalue weighted by atomic mass is 9.43. The number of ether oxygens (including phenoxy) is 5. The fraction of sp³-hybridized carbons (Fsp3) is 0.886. The summed E-state index contributed by atoms with van der Waals surface area (Å²) in [5.74, 6) is 0.299. The summed E-state index contributed by atoms with van der Waals surface area (Å²) in [6, 6.07) is 0. The van der Waals surface area contributed by atoms with Gasteiger partial charge in [-0.1, -0.05) is 27.7 Å². The average Bonchev–Trinajstić information content (AvgIpc) is 3.47. The van der Waals surface area contributed by atoms with Gasteiger partial charge in [-0.15, -0.1) is 0 Å². The van der Waals surface area contributed by atoms with Crippen LogP contribution in [0.2, 0.25) is 0 Å². The minimum absolute atomic E-state index is 0.0828. The summed E-state index contributed by atoms with van der Waals surface area (Å²) in [4.78, 5) is 25.1. The van der Waals surface area contributed by atoms with E-state index in [4.69, 9.17) is 23.7 Å². The number of hydrogen-bond acceptors (Lipinski definition) is 9. The van der Waals surface area contributed by atoms with E-state index in [0.29, 0.717) is 31.1 Å². The smallest absolute Gasteiger partial charge is 0.331 e. The average molecular weight is 619 g/mol. The highest BCUT2D eigenvalue weighted by Gasteiger charge is 2.71. The molecule has 0 aromatic rings. The molecule has 44 heavy (non-hydrogen) atoms. The monoisotopic (exact) mass is 618 g/mol. The van der Waals surface area contributed by atoms with Crippen molar-refractivity contribution >= 4 is 11.9 Å². The van der Waals surface area contributed by atoms with Gasteiger partial charge in [-0.05, 0) is 86.5 Å². The number of fused-ring (bicyclic) bond motifs is 5. The number of carbonyl (C=O) groups is 2. The molecule has 6 rings (SSSR count). The Hall–Kier alpha value is -1.52. The maximum Gasteiger partial charge on any atom is 0.331 e. The standard InChI is InChI=1S/C35H54O9/c1-19(2)13-29(37)44-27-17-35(39)25-8-7-22-15-23(43-30-16-26(40-6)32(38)20(3)42-30)9-11-33(22,4)24(25)10-12-34(35,5)31(27)21-14-28(36)41-18-21/h14,19-20,22-27,30-32,38-39H,7-13,15-18H2,1-6H3/t20-,22-,23-,24+,25-,26+,27-,30+,31+,32+,33+,34-,35+/m1/s1. The third-order valence-electron chi connectivity index (χ3n) is 13.0. The summed E-state index contributed by atoms with van der Waals surface area (Å²) in [7, 11) is 1.62. The van der Waals surface area contributed by atoms with Crippen molar-refractivity contribution in [2.45, 2.75) is 141 Å². The van der Waals surface area contributed by atoms with Crippen molar-refractivity contribution in [3.05, 3.63) is 11.6 Å². The van der Waals surface area contributed by atoms with Gasteiger partial charge in [-0.3, -0.25) is 4.79 Å². The Morgan fingerprint density at radius 2 is 1.86 bits per heavy atom. The van der Waals surface area contributed by atoms with Crippen molar-refractivity contribution in [1.29, 1.82) is 0 Å². The molecule has 0 spiro atoms. The van der Waals surface area contributed by atoms with Gasteiger partial charge in [0.15, 0.2) is 6.29 Å². The first kappa shape index (κ1) is 32.4. The zero-order valence-corrected chi connectivity index (χ0v) is 27.5. The Balaban J connectivity index is 1.20. The molecule has 2 aliphatic heterocycles. The third kappa shape index (κ3) is 5.36. The van der Waals surface area contributed by atoms with Crippen molar-refractivity contribution in [1.82, 2.24) is 0 Å². The summed E-state index contributed by atoms with van der Waals surface area (Å²) in [5, 5.41) is 23.2. The molecule has 4 aliphatic carbocycles. The second kappa shape index (κ2) is 11.9. The van der Waals surface area contributed by atoms with Crippen molar-refractivity contribution in [2.75, 3.05) is 13.7 Å². The molecule has 0 radical (unpaired) electrons. The zero-order valence-electron chi connectivity index (χ0n) is 27.5. The minimum Gasteiger partial charge on any atom is -0.462 e. The highest BCUT2D eigenvalue weighted by Crippen LogP contribution is 2.70. The fourth-order valence-corrected chi connectivity index (χ4v) is 10.7. The predicted molar refractivity (Wildman–Crippen MR) is 161 cm³/mol. The molecule has 0 amide bonds. The molecular formula is C35H54O9. The van der Waals surface area contributed by atoms with E-state index in [2.05, 4.69) is 13.8 Å². The van der Waals surface area contributed by atoms with Crippen LogP contribution >= 0.6 is 0 Å². The van der Waals surface area contributed by atoms with E-state index in [9.17, 15) is 19.8 Å². The van der Waals surface area contributed by atoms with Crippen LogP contribution in [-0.2, 0) is 33.3 Å². The molecule has 5 fully saturated rings. The van der Waals surface area contributed by atoms with Crippen LogP contribution in [0.3, 0.4) is 0 Å². The molecular weight excluding hydrogens is 564 g/mol. The van der Waals surface area contributed by atoms with E-state index in [1.807, 2.05) is 20.8 Å². The van der Waals surface area contributed by atoms with Crippen LogP contribution in [0.5, 0.6) is 0 Å². The lowest BCUT2D eigenvalue weighted by Crippen LogP contribution is -2.62. The maximum atomic E-state index is 13.0. The Morgan fingerprint density at radius 1 is 1.09 bits per heavy atom. The second-order valence-electron chi connectivity index (χ2n) is 15.8. The van der Waals surface area contributed by atoms with Gasteiger partial charge < -0.3 is 33.9 Å². The molecule has 13 atom stereocenters. The van der Waals surface area contributed by atoms with Crippen LogP contribution in [0, 0.1) is 40.4 Å². The van der Waals surface area contributed by atoms with E-state index in [1.165, 1.54) is 0 Å².